The van der Waals surface area contributed by atoms with E-state index in [-0.39, 0.29) is 17.6 Å². The third kappa shape index (κ3) is 2.95. The maximum Gasteiger partial charge on any atom is 0.131 e. The summed E-state index contributed by atoms with van der Waals surface area (Å²) in [4.78, 5) is 2.22. The summed E-state index contributed by atoms with van der Waals surface area (Å²) in [6, 6.07) is 4.42. The van der Waals surface area contributed by atoms with Crippen LogP contribution < -0.4 is 0 Å². The van der Waals surface area contributed by atoms with Gasteiger partial charge in [0.15, 0.2) is 0 Å². The Bertz CT molecular complexity index is 341. The molecule has 0 aliphatic heterocycles. The van der Waals surface area contributed by atoms with E-state index in [1.807, 2.05) is 6.92 Å². The first-order valence-electron chi connectivity index (χ1n) is 5.82. The van der Waals surface area contributed by atoms with Crippen LogP contribution in [0.1, 0.15) is 38.8 Å². The van der Waals surface area contributed by atoms with E-state index in [0.717, 1.165) is 19.5 Å². The lowest BCUT2D eigenvalue weighted by Gasteiger charge is -2.28. The summed E-state index contributed by atoms with van der Waals surface area (Å²) in [5.41, 5.74) is 0.646. The summed E-state index contributed by atoms with van der Waals surface area (Å²) in [7, 11) is 0. The molecule has 0 radical (unpaired) electrons. The number of halogens is 1. The van der Waals surface area contributed by atoms with Crippen LogP contribution in [0.15, 0.2) is 18.2 Å². The van der Waals surface area contributed by atoms with Gasteiger partial charge in [-0.3, -0.25) is 4.90 Å². The minimum absolute atomic E-state index is 0.0213. The minimum atomic E-state index is -0.331. The monoisotopic (exact) mass is 225 g/mol. The van der Waals surface area contributed by atoms with E-state index < -0.39 is 0 Å². The molecule has 0 aliphatic rings. The van der Waals surface area contributed by atoms with E-state index in [0.29, 0.717) is 5.56 Å². The normalized spacial score (nSPS) is 13.1. The third-order valence-electron chi connectivity index (χ3n) is 2.90. The van der Waals surface area contributed by atoms with Crippen molar-refractivity contribution in [2.45, 2.75) is 33.2 Å². The lowest BCUT2D eigenvalue weighted by molar-refractivity contribution is 0.218. The number of aromatic hydroxyl groups is 1. The molecule has 1 atom stereocenters. The number of phenols is 1. The predicted molar refractivity (Wildman–Crippen MR) is 64.0 cm³/mol. The van der Waals surface area contributed by atoms with Crippen molar-refractivity contribution in [1.82, 2.24) is 4.90 Å². The van der Waals surface area contributed by atoms with Crippen molar-refractivity contribution in [2.24, 2.45) is 0 Å². The van der Waals surface area contributed by atoms with Crippen molar-refractivity contribution in [3.05, 3.63) is 29.6 Å². The Kier molecular flexibility index (Phi) is 4.74. The largest absolute Gasteiger partial charge is 0.508 e. The maximum absolute atomic E-state index is 13.7. The van der Waals surface area contributed by atoms with Gasteiger partial charge in [0, 0.05) is 17.7 Å². The highest BCUT2D eigenvalue weighted by Gasteiger charge is 2.16. The lowest BCUT2D eigenvalue weighted by atomic mass is 10.1. The van der Waals surface area contributed by atoms with Gasteiger partial charge in [0.1, 0.15) is 11.6 Å². The molecule has 0 bridgehead atoms. The maximum atomic E-state index is 13.7. The summed E-state index contributed by atoms with van der Waals surface area (Å²) < 4.78 is 13.7. The zero-order valence-electron chi connectivity index (χ0n) is 10.2. The van der Waals surface area contributed by atoms with Gasteiger partial charge in [-0.15, -0.1) is 0 Å². The van der Waals surface area contributed by atoms with Crippen molar-refractivity contribution < 1.29 is 9.50 Å². The zero-order valence-corrected chi connectivity index (χ0v) is 10.2. The quantitative estimate of drug-likeness (QED) is 0.831. The Balaban J connectivity index is 2.89. The van der Waals surface area contributed by atoms with Crippen LogP contribution in [-0.4, -0.2) is 23.1 Å². The van der Waals surface area contributed by atoms with Gasteiger partial charge in [-0.25, -0.2) is 4.39 Å². The summed E-state index contributed by atoms with van der Waals surface area (Å²) in [6.07, 6.45) is 1.05. The molecule has 2 nitrogen and oxygen atoms in total. The molecule has 1 unspecified atom stereocenters. The highest BCUT2D eigenvalue weighted by Crippen LogP contribution is 2.25. The fourth-order valence-electron chi connectivity index (χ4n) is 1.96. The number of benzene rings is 1. The Morgan fingerprint density at radius 1 is 1.38 bits per heavy atom. The highest BCUT2D eigenvalue weighted by atomic mass is 19.1. The molecule has 1 N–H and O–H groups in total. The molecule has 3 heteroatoms. The molecule has 0 aromatic heterocycles. The van der Waals surface area contributed by atoms with Gasteiger partial charge in [0.05, 0.1) is 0 Å². The topological polar surface area (TPSA) is 23.5 Å². The first kappa shape index (κ1) is 13.0. The second-order valence-electron chi connectivity index (χ2n) is 4.01. The second kappa shape index (κ2) is 5.85. The zero-order chi connectivity index (χ0) is 12.1. The molecule has 1 aromatic rings. The highest BCUT2D eigenvalue weighted by molar-refractivity contribution is 5.29. The average Bonchev–Trinajstić information content (AvgIpc) is 2.25. The SMILES string of the molecule is CCCN(CC)C(C)c1ccc(O)cc1F. The van der Waals surface area contributed by atoms with Gasteiger partial charge >= 0.3 is 0 Å². The van der Waals surface area contributed by atoms with Crippen LogP contribution in [0.25, 0.3) is 0 Å². The molecule has 0 aliphatic carbocycles. The number of nitrogens with zero attached hydrogens (tertiary/aromatic N) is 1. The molecule has 0 heterocycles. The molecule has 1 aromatic carbocycles. The summed E-state index contributed by atoms with van der Waals surface area (Å²) in [5, 5.41) is 9.16. The standard InChI is InChI=1S/C13H20FNO/c1-4-8-15(5-2)10(3)12-7-6-11(16)9-13(12)14/h6-7,9-10,16H,4-5,8H2,1-3H3. The summed E-state index contributed by atoms with van der Waals surface area (Å²) in [5.74, 6) is -0.353. The van der Waals surface area contributed by atoms with E-state index >= 15 is 0 Å². The van der Waals surface area contributed by atoms with E-state index in [1.54, 1.807) is 6.07 Å². The third-order valence-corrected chi connectivity index (χ3v) is 2.90. The molecule has 16 heavy (non-hydrogen) atoms. The van der Waals surface area contributed by atoms with E-state index in [9.17, 15) is 4.39 Å². The van der Waals surface area contributed by atoms with Crippen LogP contribution in [0, 0.1) is 5.82 Å². The van der Waals surface area contributed by atoms with Crippen LogP contribution in [-0.2, 0) is 0 Å². The van der Waals surface area contributed by atoms with E-state index in [1.165, 1.54) is 12.1 Å². The van der Waals surface area contributed by atoms with Crippen LogP contribution in [0.5, 0.6) is 5.75 Å². The van der Waals surface area contributed by atoms with Gasteiger partial charge in [-0.2, -0.15) is 0 Å². The Morgan fingerprint density at radius 3 is 2.56 bits per heavy atom. The summed E-state index contributed by atoms with van der Waals surface area (Å²) >= 11 is 0. The first-order valence-corrected chi connectivity index (χ1v) is 5.82. The fourth-order valence-corrected chi connectivity index (χ4v) is 1.96. The Labute approximate surface area is 96.7 Å². The lowest BCUT2D eigenvalue weighted by Crippen LogP contribution is -2.28. The van der Waals surface area contributed by atoms with Gasteiger partial charge in [0.2, 0.25) is 0 Å². The Hall–Kier alpha value is -1.09. The summed E-state index contributed by atoms with van der Waals surface area (Å²) in [6.45, 7) is 8.04. The van der Waals surface area contributed by atoms with Crippen molar-refractivity contribution in [2.75, 3.05) is 13.1 Å². The van der Waals surface area contributed by atoms with Gasteiger partial charge in [0.25, 0.3) is 0 Å². The average molecular weight is 225 g/mol. The number of phenolic OH excluding ortho intramolecular Hbond substituents is 1. The minimum Gasteiger partial charge on any atom is -0.508 e. The smallest absolute Gasteiger partial charge is 0.131 e. The molecule has 0 amide bonds. The van der Waals surface area contributed by atoms with Crippen molar-refractivity contribution in [1.29, 1.82) is 0 Å². The van der Waals surface area contributed by atoms with Crippen molar-refractivity contribution in [3.8, 4) is 5.75 Å². The molecule has 0 spiro atoms. The molecular weight excluding hydrogens is 205 g/mol. The van der Waals surface area contributed by atoms with Crippen LogP contribution in [0.3, 0.4) is 0 Å². The fraction of sp³-hybridized carbons (Fsp3) is 0.538. The van der Waals surface area contributed by atoms with Gasteiger partial charge < -0.3 is 5.11 Å². The van der Waals surface area contributed by atoms with Crippen molar-refractivity contribution >= 4 is 0 Å². The first-order chi connectivity index (χ1) is 7.60. The van der Waals surface area contributed by atoms with Crippen LogP contribution in [0.2, 0.25) is 0 Å². The second-order valence-corrected chi connectivity index (χ2v) is 4.01. The van der Waals surface area contributed by atoms with Crippen LogP contribution in [0.4, 0.5) is 4.39 Å². The number of rotatable bonds is 5. The molecular formula is C13H20FNO. The molecule has 0 fully saturated rings. The molecule has 0 saturated carbocycles. The van der Waals surface area contributed by atoms with Gasteiger partial charge in [-0.05, 0) is 32.5 Å². The number of hydrogen-bond donors (Lipinski definition) is 1. The van der Waals surface area contributed by atoms with Gasteiger partial charge in [-0.1, -0.05) is 19.9 Å². The molecule has 90 valence electrons. The molecule has 1 rings (SSSR count). The Morgan fingerprint density at radius 2 is 2.06 bits per heavy atom. The molecule has 0 saturated heterocycles. The number of hydrogen-bond acceptors (Lipinski definition) is 2. The predicted octanol–water partition coefficient (Wildman–Crippen LogP) is 3.32. The van der Waals surface area contributed by atoms with Crippen molar-refractivity contribution in [3.63, 3.8) is 0 Å². The van der Waals surface area contributed by atoms with Crippen LogP contribution >= 0.6 is 0 Å². The van der Waals surface area contributed by atoms with E-state index in [2.05, 4.69) is 18.7 Å². The van der Waals surface area contributed by atoms with E-state index in [4.69, 9.17) is 5.11 Å².